The maximum atomic E-state index is 5.01. The van der Waals surface area contributed by atoms with E-state index in [2.05, 4.69) is 138 Å². The van der Waals surface area contributed by atoms with E-state index in [1.807, 2.05) is 72.0 Å². The van der Waals surface area contributed by atoms with Gasteiger partial charge in [0.25, 0.3) is 0 Å². The molecule has 5 heteroatoms. The van der Waals surface area contributed by atoms with E-state index in [0.29, 0.717) is 17.5 Å². The summed E-state index contributed by atoms with van der Waals surface area (Å²) < 4.78 is 4.85. The van der Waals surface area contributed by atoms with Crippen molar-refractivity contribution in [3.05, 3.63) is 194 Å². The first kappa shape index (κ1) is 32.2. The zero-order chi connectivity index (χ0) is 37.0. The zero-order valence-electron chi connectivity index (χ0n) is 30.2. The number of nitrogens with zero attached hydrogens (tertiary/aromatic N) is 4. The van der Waals surface area contributed by atoms with E-state index in [1.165, 1.54) is 64.2 Å². The highest BCUT2D eigenvalue weighted by Crippen LogP contribution is 2.43. The van der Waals surface area contributed by atoms with Gasteiger partial charge in [0.1, 0.15) is 0 Å². The van der Waals surface area contributed by atoms with Crippen molar-refractivity contribution in [1.82, 2.24) is 19.5 Å². The number of thiophene rings is 1. The minimum absolute atomic E-state index is 0.660. The van der Waals surface area contributed by atoms with Crippen molar-refractivity contribution in [2.75, 3.05) is 0 Å². The summed E-state index contributed by atoms with van der Waals surface area (Å²) in [7, 11) is 0. The van der Waals surface area contributed by atoms with Crippen molar-refractivity contribution < 1.29 is 0 Å². The fourth-order valence-corrected chi connectivity index (χ4v) is 9.16. The van der Waals surface area contributed by atoms with Crippen LogP contribution < -0.4 is 0 Å². The molecule has 0 N–H and O–H groups in total. The standard InChI is InChI=1S/C51H32N4S/c1-4-13-33(14-5-1)34-23-27-39(28-24-34)55-44-21-11-10-19-41(44)42-29-25-37(31-45(42)55)40-20-12-22-46-48(40)43-30-26-38(32-47(43)56-46)51-53-49(35-15-6-2-7-16-35)52-50(54-51)36-17-8-3-9-18-36/h1-32H. The predicted octanol–water partition coefficient (Wildman–Crippen LogP) is 13.7. The minimum Gasteiger partial charge on any atom is -0.309 e. The summed E-state index contributed by atoms with van der Waals surface area (Å²) in [5.41, 5.74) is 11.2. The number of rotatable bonds is 6. The van der Waals surface area contributed by atoms with Gasteiger partial charge in [0, 0.05) is 53.3 Å². The number of para-hydroxylation sites is 1. The molecule has 0 unspecified atom stereocenters. The second kappa shape index (κ2) is 13.3. The lowest BCUT2D eigenvalue weighted by Crippen LogP contribution is -1.99. The molecule has 0 amide bonds. The molecule has 4 nitrogen and oxygen atoms in total. The molecule has 11 rings (SSSR count). The van der Waals surface area contributed by atoms with Crippen LogP contribution in [0.1, 0.15) is 0 Å². The van der Waals surface area contributed by atoms with E-state index in [0.717, 1.165) is 22.4 Å². The fourth-order valence-electron chi connectivity index (χ4n) is 7.99. The molecule has 0 aliphatic heterocycles. The summed E-state index contributed by atoms with van der Waals surface area (Å²) in [4.78, 5) is 14.9. The summed E-state index contributed by atoms with van der Waals surface area (Å²) >= 11 is 1.81. The third-order valence-corrected chi connectivity index (χ3v) is 11.8. The molecule has 0 spiro atoms. The highest BCUT2D eigenvalue weighted by Gasteiger charge is 2.18. The molecule has 0 aliphatic carbocycles. The van der Waals surface area contributed by atoms with Crippen LogP contribution in [0.15, 0.2) is 194 Å². The van der Waals surface area contributed by atoms with Crippen molar-refractivity contribution in [2.24, 2.45) is 0 Å². The van der Waals surface area contributed by atoms with Gasteiger partial charge in [-0.25, -0.2) is 15.0 Å². The normalized spacial score (nSPS) is 11.6. The quantitative estimate of drug-likeness (QED) is 0.171. The number of aromatic nitrogens is 4. The second-order valence-electron chi connectivity index (χ2n) is 14.0. The molecule has 0 aliphatic rings. The highest BCUT2D eigenvalue weighted by molar-refractivity contribution is 7.26. The fraction of sp³-hybridized carbons (Fsp3) is 0. The average molecular weight is 733 g/mol. The highest BCUT2D eigenvalue weighted by atomic mass is 32.1. The number of hydrogen-bond donors (Lipinski definition) is 0. The molecule has 11 aromatic rings. The number of fused-ring (bicyclic) bond motifs is 6. The van der Waals surface area contributed by atoms with Crippen LogP contribution in [0.25, 0.3) is 104 Å². The monoisotopic (exact) mass is 732 g/mol. The maximum absolute atomic E-state index is 5.01. The van der Waals surface area contributed by atoms with E-state index in [4.69, 9.17) is 15.0 Å². The molecule has 0 bridgehead atoms. The first-order valence-corrected chi connectivity index (χ1v) is 19.6. The zero-order valence-corrected chi connectivity index (χ0v) is 31.0. The first-order valence-electron chi connectivity index (χ1n) is 18.8. The lowest BCUT2D eigenvalue weighted by Gasteiger charge is -2.11. The number of hydrogen-bond acceptors (Lipinski definition) is 4. The Morgan fingerprint density at radius 3 is 1.57 bits per heavy atom. The molecule has 8 aromatic carbocycles. The molecule has 262 valence electrons. The maximum Gasteiger partial charge on any atom is 0.164 e. The van der Waals surface area contributed by atoms with Crippen LogP contribution in [0.3, 0.4) is 0 Å². The summed E-state index contributed by atoms with van der Waals surface area (Å²) in [6.45, 7) is 0. The van der Waals surface area contributed by atoms with Gasteiger partial charge < -0.3 is 4.57 Å². The van der Waals surface area contributed by atoms with Crippen LogP contribution in [-0.2, 0) is 0 Å². The molecule has 3 heterocycles. The average Bonchev–Trinajstić information content (AvgIpc) is 3.82. The topological polar surface area (TPSA) is 43.6 Å². The Morgan fingerprint density at radius 1 is 0.339 bits per heavy atom. The van der Waals surface area contributed by atoms with Gasteiger partial charge in [-0.15, -0.1) is 11.3 Å². The van der Waals surface area contributed by atoms with Crippen LogP contribution in [-0.4, -0.2) is 19.5 Å². The Balaban J connectivity index is 1.04. The molecule has 0 radical (unpaired) electrons. The van der Waals surface area contributed by atoms with Gasteiger partial charge in [-0.2, -0.15) is 0 Å². The van der Waals surface area contributed by atoms with Crippen molar-refractivity contribution in [3.8, 4) is 62.1 Å². The van der Waals surface area contributed by atoms with Crippen LogP contribution in [0.4, 0.5) is 0 Å². The summed E-state index contributed by atoms with van der Waals surface area (Å²) in [6.07, 6.45) is 0. The predicted molar refractivity (Wildman–Crippen MR) is 234 cm³/mol. The van der Waals surface area contributed by atoms with Gasteiger partial charge in [0.15, 0.2) is 17.5 Å². The van der Waals surface area contributed by atoms with Crippen molar-refractivity contribution in [1.29, 1.82) is 0 Å². The number of benzene rings is 8. The van der Waals surface area contributed by atoms with Gasteiger partial charge >= 0.3 is 0 Å². The van der Waals surface area contributed by atoms with E-state index in [9.17, 15) is 0 Å². The van der Waals surface area contributed by atoms with Gasteiger partial charge in [0.2, 0.25) is 0 Å². The molecule has 3 aromatic heterocycles. The van der Waals surface area contributed by atoms with Crippen molar-refractivity contribution >= 4 is 53.3 Å². The summed E-state index contributed by atoms with van der Waals surface area (Å²) in [6, 6.07) is 68.7. The van der Waals surface area contributed by atoms with Crippen LogP contribution >= 0.6 is 11.3 Å². The lowest BCUT2D eigenvalue weighted by atomic mass is 9.98. The van der Waals surface area contributed by atoms with E-state index < -0.39 is 0 Å². The third kappa shape index (κ3) is 5.48. The molecule has 0 atom stereocenters. The summed E-state index contributed by atoms with van der Waals surface area (Å²) in [5, 5.41) is 4.98. The van der Waals surface area contributed by atoms with E-state index in [-0.39, 0.29) is 0 Å². The SMILES string of the molecule is c1ccc(-c2ccc(-n3c4ccccc4c4ccc(-c5cccc6sc7cc(-c8nc(-c9ccccc9)nc(-c9ccccc9)n8)ccc7c56)cc43)cc2)cc1. The molecule has 0 saturated carbocycles. The molecule has 0 saturated heterocycles. The molecular weight excluding hydrogens is 701 g/mol. The van der Waals surface area contributed by atoms with Crippen molar-refractivity contribution in [3.63, 3.8) is 0 Å². The van der Waals surface area contributed by atoms with Gasteiger partial charge in [-0.1, -0.05) is 158 Å². The Morgan fingerprint density at radius 2 is 0.875 bits per heavy atom. The Bertz CT molecular complexity index is 3160. The molecule has 56 heavy (non-hydrogen) atoms. The Labute approximate surface area is 327 Å². The largest absolute Gasteiger partial charge is 0.309 e. The van der Waals surface area contributed by atoms with E-state index in [1.54, 1.807) is 0 Å². The molecular formula is C51H32N4S. The second-order valence-corrected chi connectivity index (χ2v) is 15.1. The van der Waals surface area contributed by atoms with Crippen LogP contribution in [0.2, 0.25) is 0 Å². The van der Waals surface area contributed by atoms with Crippen LogP contribution in [0, 0.1) is 0 Å². The van der Waals surface area contributed by atoms with E-state index >= 15 is 0 Å². The summed E-state index contributed by atoms with van der Waals surface area (Å²) in [5.74, 6) is 1.98. The molecule has 0 fully saturated rings. The minimum atomic E-state index is 0.660. The lowest BCUT2D eigenvalue weighted by molar-refractivity contribution is 1.07. The first-order chi connectivity index (χ1) is 27.7. The van der Waals surface area contributed by atoms with Gasteiger partial charge in [-0.05, 0) is 58.7 Å². The van der Waals surface area contributed by atoms with Gasteiger partial charge in [0.05, 0.1) is 11.0 Å². The smallest absolute Gasteiger partial charge is 0.164 e. The Hall–Kier alpha value is -7.21. The van der Waals surface area contributed by atoms with Crippen LogP contribution in [0.5, 0.6) is 0 Å². The van der Waals surface area contributed by atoms with Gasteiger partial charge in [-0.3, -0.25) is 0 Å². The third-order valence-electron chi connectivity index (χ3n) is 10.7. The van der Waals surface area contributed by atoms with Crippen molar-refractivity contribution in [2.45, 2.75) is 0 Å². The Kier molecular flexibility index (Phi) is 7.64.